The van der Waals surface area contributed by atoms with Gasteiger partial charge in [-0.25, -0.2) is 0 Å². The Morgan fingerprint density at radius 1 is 0.953 bits per heavy atom. The molecule has 0 spiro atoms. The van der Waals surface area contributed by atoms with Crippen molar-refractivity contribution in [1.82, 2.24) is 0 Å². The lowest BCUT2D eigenvalue weighted by atomic mass is 9.59. The van der Waals surface area contributed by atoms with Crippen LogP contribution in [0.25, 0.3) is 0 Å². The molecule has 2 amide bonds. The van der Waals surface area contributed by atoms with Crippen LogP contribution in [-0.4, -0.2) is 61.9 Å². The Bertz CT molecular complexity index is 1670. The summed E-state index contributed by atoms with van der Waals surface area (Å²) in [6.07, 6.45) is 3.67. The fourth-order valence-electron chi connectivity index (χ4n) is 7.34. The van der Waals surface area contributed by atoms with Crippen LogP contribution in [0.15, 0.2) is 75.8 Å². The molecule has 0 bridgehead atoms. The number of morpholine rings is 1. The van der Waals surface area contributed by atoms with Gasteiger partial charge in [0.15, 0.2) is 11.6 Å². The molecule has 2 fully saturated rings. The van der Waals surface area contributed by atoms with Crippen molar-refractivity contribution in [3.8, 4) is 11.5 Å². The molecule has 2 saturated heterocycles. The second-order valence-corrected chi connectivity index (χ2v) is 12.3. The third-order valence-corrected chi connectivity index (χ3v) is 9.95. The maximum absolute atomic E-state index is 14.2. The molecular weight excluding hydrogens is 616 g/mol. The molecule has 7 rings (SSSR count). The van der Waals surface area contributed by atoms with Crippen LogP contribution in [0.5, 0.6) is 11.5 Å². The van der Waals surface area contributed by atoms with Crippen LogP contribution in [0, 0.1) is 17.8 Å². The third kappa shape index (κ3) is 4.38. The summed E-state index contributed by atoms with van der Waals surface area (Å²) in [5.41, 5.74) is 3.30. The number of phenols is 1. The Kier molecular flexibility index (Phi) is 6.85. The monoisotopic (exact) mass is 644 g/mol. The topological polar surface area (TPSA) is 113 Å². The van der Waals surface area contributed by atoms with E-state index in [1.807, 2.05) is 18.2 Å². The van der Waals surface area contributed by atoms with Crippen molar-refractivity contribution in [3.63, 3.8) is 0 Å². The minimum absolute atomic E-state index is 0.0500. The Morgan fingerprint density at radius 3 is 2.40 bits per heavy atom. The molecule has 2 aliphatic heterocycles. The van der Waals surface area contributed by atoms with E-state index in [0.29, 0.717) is 47.8 Å². The van der Waals surface area contributed by atoms with Crippen LogP contribution in [0.1, 0.15) is 24.3 Å². The number of hydrogen-bond acceptors (Lipinski definition) is 8. The molecule has 10 heteroatoms. The molecule has 3 aliphatic carbocycles. The zero-order valence-corrected chi connectivity index (χ0v) is 25.0. The SMILES string of the molecule is COc1ccc(O)c([C@H]2C3=CC[C@@H]4C(=O)N(c5ccc(N6CCOCC6)cc5)C(=O)[C@@H]4[C@@H]3CC3=C2C(=O)C=C(Br)C3=O)c1. The molecule has 1 N–H and O–H groups in total. The predicted octanol–water partition coefficient (Wildman–Crippen LogP) is 4.20. The van der Waals surface area contributed by atoms with Crippen molar-refractivity contribution >= 4 is 50.7 Å². The van der Waals surface area contributed by atoms with Gasteiger partial charge in [0, 0.05) is 47.5 Å². The number of ketones is 2. The molecule has 0 unspecified atom stereocenters. The molecule has 2 aromatic rings. The van der Waals surface area contributed by atoms with Gasteiger partial charge in [0.05, 0.1) is 42.3 Å². The summed E-state index contributed by atoms with van der Waals surface area (Å²) in [6, 6.07) is 12.2. The minimum atomic E-state index is -0.761. The highest BCUT2D eigenvalue weighted by molar-refractivity contribution is 9.12. The van der Waals surface area contributed by atoms with Crippen LogP contribution < -0.4 is 14.5 Å². The lowest BCUT2D eigenvalue weighted by Crippen LogP contribution is -2.39. The second kappa shape index (κ2) is 10.6. The van der Waals surface area contributed by atoms with Crippen molar-refractivity contribution < 1.29 is 33.8 Å². The van der Waals surface area contributed by atoms with E-state index in [1.165, 1.54) is 24.2 Å². The van der Waals surface area contributed by atoms with Gasteiger partial charge in [0.1, 0.15) is 11.5 Å². The second-order valence-electron chi connectivity index (χ2n) is 11.4. The van der Waals surface area contributed by atoms with Gasteiger partial charge in [0.25, 0.3) is 0 Å². The summed E-state index contributed by atoms with van der Waals surface area (Å²) in [6.45, 7) is 2.85. The van der Waals surface area contributed by atoms with Crippen molar-refractivity contribution in [2.45, 2.75) is 18.8 Å². The van der Waals surface area contributed by atoms with E-state index >= 15 is 0 Å². The number of phenolic OH excluding ortho intramolecular Hbond substituents is 1. The van der Waals surface area contributed by atoms with E-state index in [1.54, 1.807) is 24.3 Å². The third-order valence-electron chi connectivity index (χ3n) is 9.36. The average Bonchev–Trinajstić information content (AvgIpc) is 3.29. The van der Waals surface area contributed by atoms with Crippen molar-refractivity contribution in [3.05, 3.63) is 81.4 Å². The fraction of sp³-hybridized carbons (Fsp3) is 0.333. The number of rotatable bonds is 4. The van der Waals surface area contributed by atoms with Gasteiger partial charge in [-0.05, 0) is 77.2 Å². The Morgan fingerprint density at radius 2 is 1.67 bits per heavy atom. The van der Waals surface area contributed by atoms with Crippen LogP contribution >= 0.6 is 15.9 Å². The molecule has 0 saturated carbocycles. The zero-order chi connectivity index (χ0) is 30.0. The maximum atomic E-state index is 14.2. The highest BCUT2D eigenvalue weighted by atomic mass is 79.9. The fourth-order valence-corrected chi connectivity index (χ4v) is 7.79. The molecule has 4 atom stereocenters. The number of carbonyl (C=O) groups is 4. The van der Waals surface area contributed by atoms with Gasteiger partial charge in [0.2, 0.25) is 11.8 Å². The predicted molar refractivity (Wildman–Crippen MR) is 161 cm³/mol. The highest BCUT2D eigenvalue weighted by Crippen LogP contribution is 2.56. The summed E-state index contributed by atoms with van der Waals surface area (Å²) in [4.78, 5) is 58.3. The maximum Gasteiger partial charge on any atom is 0.238 e. The number of halogens is 1. The summed E-state index contributed by atoms with van der Waals surface area (Å²) in [7, 11) is 1.51. The number of amides is 2. The molecular formula is C33H29BrN2O7. The van der Waals surface area contributed by atoms with E-state index in [9.17, 15) is 24.3 Å². The van der Waals surface area contributed by atoms with Crippen molar-refractivity contribution in [2.75, 3.05) is 43.2 Å². The molecule has 0 radical (unpaired) electrons. The Balaban J connectivity index is 1.28. The number of allylic oxidation sites excluding steroid dienone is 6. The quantitative estimate of drug-likeness (QED) is 0.299. The number of benzene rings is 2. The summed E-state index contributed by atoms with van der Waals surface area (Å²) in [5, 5.41) is 11.0. The van der Waals surface area contributed by atoms with Gasteiger partial charge < -0.3 is 19.5 Å². The number of Topliss-reactive ketones (excluding diaryl/α,β-unsaturated/α-hetero) is 1. The van der Waals surface area contributed by atoms with Gasteiger partial charge in [-0.1, -0.05) is 11.6 Å². The first-order valence-corrected chi connectivity index (χ1v) is 15.1. The molecule has 220 valence electrons. The average molecular weight is 646 g/mol. The first-order valence-electron chi connectivity index (χ1n) is 14.3. The number of methoxy groups -OCH3 is 1. The van der Waals surface area contributed by atoms with Gasteiger partial charge in [-0.3, -0.25) is 24.1 Å². The van der Waals surface area contributed by atoms with Crippen molar-refractivity contribution in [1.29, 1.82) is 0 Å². The zero-order valence-electron chi connectivity index (χ0n) is 23.4. The first kappa shape index (κ1) is 27.8. The number of hydrogen-bond donors (Lipinski definition) is 1. The lowest BCUT2D eigenvalue weighted by Gasteiger charge is -2.42. The molecule has 0 aromatic heterocycles. The standard InChI is InChI=1S/C33H29BrN2O7/c1-42-19-6-9-26(37)23(14-19)28-20-7-8-21-29(22(20)15-24-30(28)27(38)16-25(34)31(24)39)33(41)36(32(21)40)18-4-2-17(3-5-18)35-10-12-43-13-11-35/h2-7,9,14,16,21-22,28-29,37H,8,10-13,15H2,1H3/t21-,22+,28+,29-/m0/s1. The number of fused-ring (bicyclic) bond motifs is 3. The molecule has 43 heavy (non-hydrogen) atoms. The first-order chi connectivity index (χ1) is 20.8. The summed E-state index contributed by atoms with van der Waals surface area (Å²) >= 11 is 3.24. The lowest BCUT2D eigenvalue weighted by molar-refractivity contribution is -0.123. The van der Waals surface area contributed by atoms with Gasteiger partial charge in [-0.15, -0.1) is 0 Å². The number of nitrogens with zero attached hydrogens (tertiary/aromatic N) is 2. The van der Waals surface area contributed by atoms with Crippen LogP contribution in [0.2, 0.25) is 0 Å². The number of carbonyl (C=O) groups excluding carboxylic acids is 4. The van der Waals surface area contributed by atoms with E-state index < -0.39 is 23.7 Å². The largest absolute Gasteiger partial charge is 0.508 e. The van der Waals surface area contributed by atoms with E-state index in [2.05, 4.69) is 20.8 Å². The van der Waals surface area contributed by atoms with Crippen LogP contribution in [0.4, 0.5) is 11.4 Å². The van der Waals surface area contributed by atoms with Gasteiger partial charge >= 0.3 is 0 Å². The summed E-state index contributed by atoms with van der Waals surface area (Å²) in [5.74, 6) is -3.36. The normalized spacial score (nSPS) is 27.0. The number of imide groups is 1. The smallest absolute Gasteiger partial charge is 0.238 e. The number of anilines is 2. The van der Waals surface area contributed by atoms with Crippen molar-refractivity contribution in [2.24, 2.45) is 17.8 Å². The molecule has 2 aromatic carbocycles. The summed E-state index contributed by atoms with van der Waals surface area (Å²) < 4.78 is 11.0. The molecule has 9 nitrogen and oxygen atoms in total. The van der Waals surface area contributed by atoms with E-state index in [4.69, 9.17) is 9.47 Å². The minimum Gasteiger partial charge on any atom is -0.508 e. The van der Waals surface area contributed by atoms with Gasteiger partial charge in [-0.2, -0.15) is 0 Å². The molecule has 5 aliphatic rings. The van der Waals surface area contributed by atoms with Crippen LogP contribution in [0.3, 0.4) is 0 Å². The highest BCUT2D eigenvalue weighted by Gasteiger charge is 2.57. The Labute approximate surface area is 256 Å². The van der Waals surface area contributed by atoms with Crippen LogP contribution in [-0.2, 0) is 23.9 Å². The Hall–Kier alpha value is -4.02. The van der Waals surface area contributed by atoms with E-state index in [0.717, 1.165) is 24.4 Å². The van der Waals surface area contributed by atoms with E-state index in [-0.39, 0.29) is 40.0 Å². The number of ether oxygens (including phenoxy) is 2. The number of aromatic hydroxyl groups is 1. The molecule has 2 heterocycles.